The van der Waals surface area contributed by atoms with Crippen LogP contribution in [0.2, 0.25) is 0 Å². The standard InChI is InChI=1S/C25H24N4O2/c1-16(2)13-17-7-9-19(10-8-17)22-14-23(28-27-22)25(31)29-26-15-21-20-6-4-3-5-18(20)11-12-24(21)30/h3-12,14-16,30H,13H2,1-2H3,(H,27,28)(H,29,31)/b26-15+. The van der Waals surface area contributed by atoms with E-state index in [1.807, 2.05) is 42.5 Å². The van der Waals surface area contributed by atoms with Crippen LogP contribution >= 0.6 is 0 Å². The molecule has 0 atom stereocenters. The van der Waals surface area contributed by atoms with E-state index in [0.29, 0.717) is 22.9 Å². The molecule has 4 rings (SSSR count). The van der Waals surface area contributed by atoms with E-state index in [4.69, 9.17) is 0 Å². The molecule has 0 fully saturated rings. The average Bonchev–Trinajstić information content (AvgIpc) is 3.26. The number of aromatic nitrogens is 2. The van der Waals surface area contributed by atoms with E-state index in [-0.39, 0.29) is 5.75 Å². The van der Waals surface area contributed by atoms with Crippen molar-refractivity contribution < 1.29 is 9.90 Å². The van der Waals surface area contributed by atoms with E-state index in [0.717, 1.165) is 22.8 Å². The highest BCUT2D eigenvalue weighted by molar-refractivity contribution is 6.03. The normalized spacial score (nSPS) is 11.5. The number of rotatable bonds is 6. The summed E-state index contributed by atoms with van der Waals surface area (Å²) in [6.07, 6.45) is 2.47. The van der Waals surface area contributed by atoms with Gasteiger partial charge in [-0.25, -0.2) is 5.43 Å². The number of aromatic amines is 1. The van der Waals surface area contributed by atoms with Crippen molar-refractivity contribution in [1.82, 2.24) is 15.6 Å². The minimum atomic E-state index is -0.411. The Kier molecular flexibility index (Phi) is 5.80. The van der Waals surface area contributed by atoms with Crippen molar-refractivity contribution in [2.24, 2.45) is 11.0 Å². The molecule has 0 spiro atoms. The van der Waals surface area contributed by atoms with E-state index in [9.17, 15) is 9.90 Å². The van der Waals surface area contributed by atoms with Crippen molar-refractivity contribution in [2.75, 3.05) is 0 Å². The van der Waals surface area contributed by atoms with Crippen molar-refractivity contribution in [3.63, 3.8) is 0 Å². The van der Waals surface area contributed by atoms with Crippen molar-refractivity contribution in [3.8, 4) is 17.0 Å². The molecule has 4 aromatic rings. The van der Waals surface area contributed by atoms with Crippen molar-refractivity contribution in [1.29, 1.82) is 0 Å². The summed E-state index contributed by atoms with van der Waals surface area (Å²) in [7, 11) is 0. The number of nitrogens with zero attached hydrogens (tertiary/aromatic N) is 2. The highest BCUT2D eigenvalue weighted by Crippen LogP contribution is 2.25. The third kappa shape index (κ3) is 4.64. The third-order valence-electron chi connectivity index (χ3n) is 5.02. The molecule has 0 unspecified atom stereocenters. The summed E-state index contributed by atoms with van der Waals surface area (Å²) in [6, 6.07) is 21.0. The van der Waals surface area contributed by atoms with Crippen molar-refractivity contribution in [3.05, 3.63) is 83.6 Å². The molecule has 3 N–H and O–H groups in total. The number of fused-ring (bicyclic) bond motifs is 1. The largest absolute Gasteiger partial charge is 0.507 e. The van der Waals surface area contributed by atoms with Gasteiger partial charge in [0, 0.05) is 11.1 Å². The predicted molar refractivity (Wildman–Crippen MR) is 123 cm³/mol. The number of carbonyl (C=O) groups is 1. The molecular formula is C25H24N4O2. The fraction of sp³-hybridized carbons (Fsp3) is 0.160. The molecule has 156 valence electrons. The van der Waals surface area contributed by atoms with Gasteiger partial charge in [0.25, 0.3) is 5.91 Å². The number of amides is 1. The number of hydrazone groups is 1. The smallest absolute Gasteiger partial charge is 0.289 e. The zero-order valence-electron chi connectivity index (χ0n) is 17.5. The zero-order valence-corrected chi connectivity index (χ0v) is 17.5. The first-order valence-corrected chi connectivity index (χ1v) is 10.2. The number of hydrogen-bond donors (Lipinski definition) is 3. The quantitative estimate of drug-likeness (QED) is 0.311. The first-order valence-electron chi connectivity index (χ1n) is 10.2. The van der Waals surface area contributed by atoms with Crippen LogP contribution in [-0.2, 0) is 6.42 Å². The molecule has 0 aliphatic rings. The highest BCUT2D eigenvalue weighted by Gasteiger charge is 2.11. The van der Waals surface area contributed by atoms with E-state index >= 15 is 0 Å². The van der Waals surface area contributed by atoms with Crippen molar-refractivity contribution in [2.45, 2.75) is 20.3 Å². The van der Waals surface area contributed by atoms with E-state index in [1.165, 1.54) is 11.8 Å². The fourth-order valence-corrected chi connectivity index (χ4v) is 3.50. The Morgan fingerprint density at radius 1 is 1.13 bits per heavy atom. The number of phenols is 1. The van der Waals surface area contributed by atoms with Crippen LogP contribution < -0.4 is 5.43 Å². The Morgan fingerprint density at radius 3 is 2.68 bits per heavy atom. The summed E-state index contributed by atoms with van der Waals surface area (Å²) >= 11 is 0. The van der Waals surface area contributed by atoms with Crippen LogP contribution in [0.1, 0.15) is 35.5 Å². The van der Waals surface area contributed by atoms with Gasteiger partial charge in [0.1, 0.15) is 11.4 Å². The molecule has 1 heterocycles. The maximum Gasteiger partial charge on any atom is 0.289 e. The molecular weight excluding hydrogens is 388 g/mol. The molecule has 0 bridgehead atoms. The molecule has 6 heteroatoms. The number of phenolic OH excluding ortho intramolecular Hbond substituents is 1. The molecule has 3 aromatic carbocycles. The lowest BCUT2D eigenvalue weighted by Gasteiger charge is -2.05. The molecule has 31 heavy (non-hydrogen) atoms. The number of benzene rings is 3. The Bertz CT molecular complexity index is 1240. The number of aromatic hydroxyl groups is 1. The second-order valence-electron chi connectivity index (χ2n) is 7.88. The number of H-pyrrole nitrogens is 1. The first kappa shape index (κ1) is 20.3. The van der Waals surface area contributed by atoms with Gasteiger partial charge in [0.05, 0.1) is 11.9 Å². The molecule has 6 nitrogen and oxygen atoms in total. The molecule has 1 aromatic heterocycles. The Labute approximate surface area is 180 Å². The lowest BCUT2D eigenvalue weighted by atomic mass is 10.0. The van der Waals surface area contributed by atoms with Crippen LogP contribution in [0, 0.1) is 5.92 Å². The van der Waals surface area contributed by atoms with Crippen LogP contribution in [0.15, 0.2) is 71.8 Å². The topological polar surface area (TPSA) is 90.4 Å². The number of carbonyl (C=O) groups excluding carboxylic acids is 1. The van der Waals surface area contributed by atoms with Gasteiger partial charge in [-0.1, -0.05) is 68.4 Å². The minimum Gasteiger partial charge on any atom is -0.507 e. The van der Waals surface area contributed by atoms with Crippen LogP contribution in [-0.4, -0.2) is 27.4 Å². The zero-order chi connectivity index (χ0) is 21.8. The van der Waals surface area contributed by atoms with Gasteiger partial charge < -0.3 is 5.11 Å². The second-order valence-corrected chi connectivity index (χ2v) is 7.88. The summed E-state index contributed by atoms with van der Waals surface area (Å²) in [5.74, 6) is 0.287. The first-order chi connectivity index (χ1) is 15.0. The lowest BCUT2D eigenvalue weighted by Crippen LogP contribution is -2.18. The minimum absolute atomic E-state index is 0.0986. The van der Waals surface area contributed by atoms with Crippen LogP contribution in [0.3, 0.4) is 0 Å². The summed E-state index contributed by atoms with van der Waals surface area (Å²) in [5.41, 5.74) is 6.24. The van der Waals surface area contributed by atoms with Crippen LogP contribution in [0.25, 0.3) is 22.0 Å². The maximum atomic E-state index is 12.4. The molecule has 0 aliphatic carbocycles. The van der Waals surface area contributed by atoms with Crippen LogP contribution in [0.4, 0.5) is 0 Å². The molecule has 0 aliphatic heterocycles. The van der Waals surface area contributed by atoms with Gasteiger partial charge in [0.15, 0.2) is 0 Å². The van der Waals surface area contributed by atoms with Gasteiger partial charge >= 0.3 is 0 Å². The van der Waals surface area contributed by atoms with Crippen molar-refractivity contribution >= 4 is 22.9 Å². The van der Waals surface area contributed by atoms with E-state index in [2.05, 4.69) is 46.7 Å². The second kappa shape index (κ2) is 8.83. The van der Waals surface area contributed by atoms with Gasteiger partial charge in [-0.15, -0.1) is 0 Å². The van der Waals surface area contributed by atoms with Gasteiger partial charge in [-0.3, -0.25) is 9.89 Å². The third-order valence-corrected chi connectivity index (χ3v) is 5.02. The van der Waals surface area contributed by atoms with Gasteiger partial charge in [-0.2, -0.15) is 10.2 Å². The highest BCUT2D eigenvalue weighted by atomic mass is 16.3. The summed E-state index contributed by atoms with van der Waals surface area (Å²) in [5, 5.41) is 23.0. The number of nitrogens with one attached hydrogen (secondary N) is 2. The average molecular weight is 412 g/mol. The Morgan fingerprint density at radius 2 is 1.90 bits per heavy atom. The Balaban J connectivity index is 1.46. The SMILES string of the molecule is CC(C)Cc1ccc(-c2cc(C(=O)N/N=C/c3c(O)ccc4ccccc34)[nH]n2)cc1. The van der Waals surface area contributed by atoms with E-state index in [1.54, 1.807) is 12.1 Å². The summed E-state index contributed by atoms with van der Waals surface area (Å²) in [6.45, 7) is 4.38. The van der Waals surface area contributed by atoms with Gasteiger partial charge in [-0.05, 0) is 40.8 Å². The Hall–Kier alpha value is -3.93. The predicted octanol–water partition coefficient (Wildman–Crippen LogP) is 4.90. The van der Waals surface area contributed by atoms with E-state index < -0.39 is 5.91 Å². The molecule has 1 amide bonds. The summed E-state index contributed by atoms with van der Waals surface area (Å²) < 4.78 is 0. The fourth-order valence-electron chi connectivity index (χ4n) is 3.50. The summed E-state index contributed by atoms with van der Waals surface area (Å²) in [4.78, 5) is 12.4. The molecule has 0 radical (unpaired) electrons. The molecule has 0 saturated carbocycles. The monoisotopic (exact) mass is 412 g/mol. The molecule has 0 saturated heterocycles. The number of hydrogen-bond acceptors (Lipinski definition) is 4. The van der Waals surface area contributed by atoms with Crippen LogP contribution in [0.5, 0.6) is 5.75 Å². The lowest BCUT2D eigenvalue weighted by molar-refractivity contribution is 0.0950. The van der Waals surface area contributed by atoms with Gasteiger partial charge in [0.2, 0.25) is 0 Å². The maximum absolute atomic E-state index is 12.4.